The van der Waals surface area contributed by atoms with Gasteiger partial charge in [0, 0.05) is 16.4 Å². The van der Waals surface area contributed by atoms with Gasteiger partial charge in [0.2, 0.25) is 0 Å². The van der Waals surface area contributed by atoms with Crippen molar-refractivity contribution in [1.29, 1.82) is 0 Å². The molecule has 128 valence electrons. The third kappa shape index (κ3) is 3.62. The summed E-state index contributed by atoms with van der Waals surface area (Å²) >= 11 is 6.00. The zero-order valence-electron chi connectivity index (χ0n) is 14.2. The quantitative estimate of drug-likeness (QED) is 0.792. The smallest absolute Gasteiger partial charge is 0.339 e. The first kappa shape index (κ1) is 18.1. The van der Waals surface area contributed by atoms with E-state index in [0.29, 0.717) is 39.6 Å². The number of carbonyl (C=O) groups excluding carboxylic acids is 2. The number of hydrogen-bond acceptors (Lipinski definition) is 3. The maximum absolute atomic E-state index is 12.7. The van der Waals surface area contributed by atoms with Crippen LogP contribution < -0.4 is 5.32 Å². The number of aryl methyl sites for hydroxylation is 2. The first-order chi connectivity index (χ1) is 11.4. The van der Waals surface area contributed by atoms with Crippen molar-refractivity contribution < 1.29 is 14.3 Å². The van der Waals surface area contributed by atoms with E-state index in [1.54, 1.807) is 19.1 Å². The fourth-order valence-corrected chi connectivity index (χ4v) is 2.83. The molecule has 0 aliphatic carbocycles. The lowest BCUT2D eigenvalue weighted by atomic mass is 10.0. The van der Waals surface area contributed by atoms with Crippen molar-refractivity contribution in [3.63, 3.8) is 0 Å². The molecule has 1 aromatic carbocycles. The summed E-state index contributed by atoms with van der Waals surface area (Å²) in [6.45, 7) is 5.64. The topological polar surface area (TPSA) is 71.2 Å². The number of H-pyrrole nitrogens is 1. The lowest BCUT2D eigenvalue weighted by molar-refractivity contribution is 0.0599. The number of carbonyl (C=O) groups is 2. The number of nitrogens with one attached hydrogen (secondary N) is 2. The molecule has 24 heavy (non-hydrogen) atoms. The molecule has 5 nitrogen and oxygen atoms in total. The van der Waals surface area contributed by atoms with Gasteiger partial charge in [0.1, 0.15) is 5.69 Å². The predicted octanol–water partition coefficient (Wildman–Crippen LogP) is 4.28. The van der Waals surface area contributed by atoms with Crippen molar-refractivity contribution in [2.45, 2.75) is 33.6 Å². The fourth-order valence-electron chi connectivity index (χ4n) is 2.66. The van der Waals surface area contributed by atoms with E-state index < -0.39 is 5.97 Å². The Labute approximate surface area is 146 Å². The third-order valence-electron chi connectivity index (χ3n) is 3.86. The average Bonchev–Trinajstić information content (AvgIpc) is 2.87. The molecule has 6 heteroatoms. The van der Waals surface area contributed by atoms with E-state index in [2.05, 4.69) is 10.3 Å². The number of anilines is 1. The minimum atomic E-state index is -0.440. The van der Waals surface area contributed by atoms with Crippen LogP contribution in [0.5, 0.6) is 0 Å². The van der Waals surface area contributed by atoms with Crippen LogP contribution in [-0.2, 0) is 11.2 Å². The Balaban J connectivity index is 2.42. The molecule has 1 amide bonds. The molecular formula is C18H21ClN2O3. The maximum Gasteiger partial charge on any atom is 0.339 e. The monoisotopic (exact) mass is 348 g/mol. The minimum absolute atomic E-state index is 0.304. The number of amides is 1. The Kier molecular flexibility index (Phi) is 5.67. The predicted molar refractivity (Wildman–Crippen MR) is 95.0 cm³/mol. The first-order valence-electron chi connectivity index (χ1n) is 7.76. The van der Waals surface area contributed by atoms with Crippen LogP contribution in [0.15, 0.2) is 18.2 Å². The summed E-state index contributed by atoms with van der Waals surface area (Å²) < 4.78 is 4.84. The zero-order valence-corrected chi connectivity index (χ0v) is 15.0. The molecule has 2 N–H and O–H groups in total. The second-order valence-corrected chi connectivity index (χ2v) is 6.07. The van der Waals surface area contributed by atoms with Crippen LogP contribution in [0.2, 0.25) is 5.02 Å². The van der Waals surface area contributed by atoms with Crippen LogP contribution >= 0.6 is 11.6 Å². The molecule has 2 rings (SSSR count). The number of halogens is 1. The number of methoxy groups -OCH3 is 1. The summed E-state index contributed by atoms with van der Waals surface area (Å²) in [5.74, 6) is -0.743. The molecule has 0 fully saturated rings. The van der Waals surface area contributed by atoms with Gasteiger partial charge in [-0.3, -0.25) is 4.79 Å². The Bertz CT molecular complexity index is 781. The molecule has 0 spiro atoms. The molecule has 0 aliphatic rings. The Hall–Kier alpha value is -2.27. The van der Waals surface area contributed by atoms with Gasteiger partial charge in [-0.05, 0) is 43.5 Å². The molecule has 1 heterocycles. The van der Waals surface area contributed by atoms with E-state index in [0.717, 1.165) is 12.0 Å². The largest absolute Gasteiger partial charge is 0.465 e. The van der Waals surface area contributed by atoms with Gasteiger partial charge in [-0.15, -0.1) is 0 Å². The van der Waals surface area contributed by atoms with Crippen molar-refractivity contribution in [2.75, 3.05) is 12.4 Å². The molecular weight excluding hydrogens is 328 g/mol. The van der Waals surface area contributed by atoms with Gasteiger partial charge in [-0.1, -0.05) is 31.0 Å². The number of esters is 1. The zero-order chi connectivity index (χ0) is 17.9. The van der Waals surface area contributed by atoms with Crippen LogP contribution in [0.1, 0.15) is 51.0 Å². The minimum Gasteiger partial charge on any atom is -0.465 e. The first-order valence-corrected chi connectivity index (χ1v) is 8.14. The molecule has 0 saturated carbocycles. The normalized spacial score (nSPS) is 10.5. The number of rotatable bonds is 5. The summed E-state index contributed by atoms with van der Waals surface area (Å²) in [5, 5.41) is 3.40. The van der Waals surface area contributed by atoms with Crippen molar-refractivity contribution in [1.82, 2.24) is 4.98 Å². The lowest BCUT2D eigenvalue weighted by Crippen LogP contribution is -2.16. The molecule has 0 radical (unpaired) electrons. The van der Waals surface area contributed by atoms with E-state index in [4.69, 9.17) is 16.3 Å². The summed E-state index contributed by atoms with van der Waals surface area (Å²) in [6, 6.07) is 5.30. The second kappa shape index (κ2) is 7.53. The van der Waals surface area contributed by atoms with Gasteiger partial charge in [-0.2, -0.15) is 0 Å². The SMILES string of the molecule is CCCc1c(C(=O)Nc2cc(Cl)ccc2C)[nH]c(C)c1C(=O)OC. The maximum atomic E-state index is 12.7. The third-order valence-corrected chi connectivity index (χ3v) is 4.09. The Morgan fingerprint density at radius 1 is 1.29 bits per heavy atom. The highest BCUT2D eigenvalue weighted by molar-refractivity contribution is 6.31. The van der Waals surface area contributed by atoms with Crippen LogP contribution in [0.3, 0.4) is 0 Å². The van der Waals surface area contributed by atoms with Gasteiger partial charge in [-0.25, -0.2) is 4.79 Å². The number of ether oxygens (including phenoxy) is 1. The Morgan fingerprint density at radius 3 is 2.62 bits per heavy atom. The van der Waals surface area contributed by atoms with Gasteiger partial charge < -0.3 is 15.0 Å². The molecule has 1 aromatic heterocycles. The summed E-state index contributed by atoms with van der Waals surface area (Å²) in [7, 11) is 1.33. The molecule has 0 unspecified atom stereocenters. The van der Waals surface area contributed by atoms with Crippen molar-refractivity contribution in [3.05, 3.63) is 51.3 Å². The van der Waals surface area contributed by atoms with E-state index in [1.165, 1.54) is 7.11 Å². The summed E-state index contributed by atoms with van der Waals surface area (Å²) in [6.07, 6.45) is 1.41. The van der Waals surface area contributed by atoms with Crippen molar-refractivity contribution >= 4 is 29.2 Å². The molecule has 0 saturated heterocycles. The molecule has 0 atom stereocenters. The highest BCUT2D eigenvalue weighted by Gasteiger charge is 2.25. The van der Waals surface area contributed by atoms with Gasteiger partial charge in [0.05, 0.1) is 12.7 Å². The van der Waals surface area contributed by atoms with Gasteiger partial charge in [0.15, 0.2) is 0 Å². The van der Waals surface area contributed by atoms with E-state index >= 15 is 0 Å². The van der Waals surface area contributed by atoms with E-state index in [1.807, 2.05) is 19.9 Å². The molecule has 0 bridgehead atoms. The summed E-state index contributed by atoms with van der Waals surface area (Å²) in [4.78, 5) is 27.8. The van der Waals surface area contributed by atoms with Crippen molar-refractivity contribution in [3.8, 4) is 0 Å². The number of aromatic nitrogens is 1. The number of aromatic amines is 1. The van der Waals surface area contributed by atoms with Gasteiger partial charge in [0.25, 0.3) is 5.91 Å². The second-order valence-electron chi connectivity index (χ2n) is 5.63. The standard InChI is InChI=1S/C18H21ClN2O3/c1-5-6-13-15(18(23)24-4)11(3)20-16(13)17(22)21-14-9-12(19)8-7-10(14)2/h7-9,20H,5-6H2,1-4H3,(H,21,22). The number of hydrogen-bond donors (Lipinski definition) is 2. The van der Waals surface area contributed by atoms with Crippen LogP contribution in [0.25, 0.3) is 0 Å². The van der Waals surface area contributed by atoms with Crippen LogP contribution in [0, 0.1) is 13.8 Å². The van der Waals surface area contributed by atoms with Gasteiger partial charge >= 0.3 is 5.97 Å². The van der Waals surface area contributed by atoms with E-state index in [9.17, 15) is 9.59 Å². The van der Waals surface area contributed by atoms with Crippen molar-refractivity contribution in [2.24, 2.45) is 0 Å². The number of benzene rings is 1. The fraction of sp³-hybridized carbons (Fsp3) is 0.333. The highest BCUT2D eigenvalue weighted by Crippen LogP contribution is 2.25. The Morgan fingerprint density at radius 2 is 2.00 bits per heavy atom. The average molecular weight is 349 g/mol. The highest BCUT2D eigenvalue weighted by atomic mass is 35.5. The molecule has 0 aliphatic heterocycles. The van der Waals surface area contributed by atoms with E-state index in [-0.39, 0.29) is 5.91 Å². The summed E-state index contributed by atoms with van der Waals surface area (Å²) in [5.41, 5.74) is 3.67. The van der Waals surface area contributed by atoms with Crippen LogP contribution in [-0.4, -0.2) is 24.0 Å². The lowest BCUT2D eigenvalue weighted by Gasteiger charge is -2.10. The molecule has 2 aromatic rings. The van der Waals surface area contributed by atoms with Crippen LogP contribution in [0.4, 0.5) is 5.69 Å².